The molecule has 0 saturated carbocycles. The van der Waals surface area contributed by atoms with Gasteiger partial charge in [-0.3, -0.25) is 9.69 Å². The van der Waals surface area contributed by atoms with Gasteiger partial charge in [-0.1, -0.05) is 49.4 Å². The lowest BCUT2D eigenvalue weighted by Crippen LogP contribution is -2.52. The summed E-state index contributed by atoms with van der Waals surface area (Å²) in [7, 11) is 1.50. The van der Waals surface area contributed by atoms with Gasteiger partial charge in [-0.05, 0) is 39.7 Å². The molecule has 2 saturated heterocycles. The molecule has 0 spiro atoms. The van der Waals surface area contributed by atoms with E-state index in [1.807, 2.05) is 30.3 Å². The molecule has 3 amide bonds. The topological polar surface area (TPSA) is 85.4 Å². The minimum absolute atomic E-state index is 0.332. The third kappa shape index (κ3) is 5.21. The largest absolute Gasteiger partial charge is 0.444 e. The van der Waals surface area contributed by atoms with Crippen LogP contribution in [0.15, 0.2) is 42.5 Å². The average molecular weight is 459 g/mol. The van der Waals surface area contributed by atoms with Gasteiger partial charge in [-0.25, -0.2) is 14.5 Å². The van der Waals surface area contributed by atoms with Gasteiger partial charge in [-0.2, -0.15) is 0 Å². The number of carbonyl (C=O) groups is 3. The van der Waals surface area contributed by atoms with Gasteiger partial charge in [0.15, 0.2) is 0 Å². The van der Waals surface area contributed by atoms with Crippen LogP contribution in [0, 0.1) is 5.92 Å². The number of methoxy groups -OCH3 is 1. The van der Waals surface area contributed by atoms with Gasteiger partial charge in [-0.15, -0.1) is 0 Å². The number of nitrogens with zero attached hydrogens (tertiary/aromatic N) is 2. The highest BCUT2D eigenvalue weighted by Crippen LogP contribution is 2.35. The van der Waals surface area contributed by atoms with Gasteiger partial charge in [0.1, 0.15) is 11.7 Å². The number of carbonyl (C=O) groups excluding carboxylic acids is 3. The van der Waals surface area contributed by atoms with Crippen LogP contribution in [0.3, 0.4) is 0 Å². The minimum Gasteiger partial charge on any atom is -0.444 e. The summed E-state index contributed by atoms with van der Waals surface area (Å²) in [5.41, 5.74) is 1.02. The Hall–Kier alpha value is -2.87. The Labute approximate surface area is 195 Å². The molecule has 0 N–H and O–H groups in total. The minimum atomic E-state index is -0.708. The molecular formula is C25H34N2O6. The van der Waals surface area contributed by atoms with E-state index in [4.69, 9.17) is 14.2 Å². The quantitative estimate of drug-likeness (QED) is 0.611. The normalized spacial score (nSPS) is 25.1. The molecular weight excluding hydrogens is 424 g/mol. The molecule has 0 aromatic heterocycles. The molecule has 0 bridgehead atoms. The maximum atomic E-state index is 13.5. The summed E-state index contributed by atoms with van der Waals surface area (Å²) >= 11 is 0. The fraction of sp³-hybridized carbons (Fsp3) is 0.560. The number of likely N-dealkylation sites (tertiary alicyclic amines) is 1. The van der Waals surface area contributed by atoms with Crippen molar-refractivity contribution in [2.75, 3.05) is 13.7 Å². The summed E-state index contributed by atoms with van der Waals surface area (Å²) < 4.78 is 16.8. The number of ether oxygens (including phenoxy) is 3. The SMILES string of the molecule is C=C1CC([C@H](OC)[C@@H](C)C(=O)N2C(=O)O[C@@H](c3ccccc3)[C@H]2C)N(C(=O)OC(C)(C)C)C1. The van der Waals surface area contributed by atoms with Crippen molar-refractivity contribution in [3.05, 3.63) is 48.0 Å². The molecule has 0 aliphatic carbocycles. The number of rotatable bonds is 5. The Balaban J connectivity index is 1.79. The summed E-state index contributed by atoms with van der Waals surface area (Å²) in [6, 6.07) is 8.43. The van der Waals surface area contributed by atoms with Gasteiger partial charge in [0.05, 0.1) is 24.1 Å². The Morgan fingerprint density at radius 1 is 1.21 bits per heavy atom. The standard InChI is InChI=1S/C25H34N2O6/c1-15-13-19(26(14-15)23(29)33-25(4,5)6)20(31-7)16(2)22(28)27-17(3)21(32-24(27)30)18-11-9-8-10-12-18/h8-12,16-17,19-21H,1,13-14H2,2-7H3/t16-,17-,19?,20-,21-/m1/s1. The molecule has 5 atom stereocenters. The van der Waals surface area contributed by atoms with E-state index < -0.39 is 53.9 Å². The fourth-order valence-electron chi connectivity index (χ4n) is 4.54. The van der Waals surface area contributed by atoms with Crippen molar-refractivity contribution in [2.24, 2.45) is 5.92 Å². The zero-order valence-electron chi connectivity index (χ0n) is 20.2. The third-order valence-corrected chi connectivity index (χ3v) is 6.09. The Bertz CT molecular complexity index is 909. The van der Waals surface area contributed by atoms with Crippen LogP contribution in [0.25, 0.3) is 0 Å². The van der Waals surface area contributed by atoms with Crippen LogP contribution in [-0.2, 0) is 19.0 Å². The van der Waals surface area contributed by atoms with Gasteiger partial charge in [0.2, 0.25) is 5.91 Å². The first-order valence-electron chi connectivity index (χ1n) is 11.2. The Morgan fingerprint density at radius 2 is 1.85 bits per heavy atom. The number of amides is 3. The molecule has 2 aliphatic rings. The van der Waals surface area contributed by atoms with Crippen LogP contribution in [0.4, 0.5) is 9.59 Å². The molecule has 2 aliphatic heterocycles. The lowest BCUT2D eigenvalue weighted by molar-refractivity contribution is -0.139. The maximum Gasteiger partial charge on any atom is 0.417 e. The van der Waals surface area contributed by atoms with Gasteiger partial charge in [0.25, 0.3) is 0 Å². The first-order valence-corrected chi connectivity index (χ1v) is 11.2. The van der Waals surface area contributed by atoms with Crippen molar-refractivity contribution in [1.29, 1.82) is 0 Å². The van der Waals surface area contributed by atoms with Gasteiger partial charge >= 0.3 is 12.2 Å². The van der Waals surface area contributed by atoms with Crippen LogP contribution in [-0.4, -0.2) is 65.3 Å². The number of hydrogen-bond acceptors (Lipinski definition) is 6. The highest BCUT2D eigenvalue weighted by Gasteiger charge is 2.48. The van der Waals surface area contributed by atoms with E-state index in [1.165, 1.54) is 7.11 Å². The zero-order chi connectivity index (χ0) is 24.5. The number of hydrogen-bond donors (Lipinski definition) is 0. The number of cyclic esters (lactones) is 1. The monoisotopic (exact) mass is 458 g/mol. The summed E-state index contributed by atoms with van der Waals surface area (Å²) in [5, 5.41) is 0. The van der Waals surface area contributed by atoms with E-state index in [1.54, 1.807) is 39.5 Å². The van der Waals surface area contributed by atoms with Crippen molar-refractivity contribution in [2.45, 2.75) is 70.9 Å². The van der Waals surface area contributed by atoms with E-state index in [9.17, 15) is 14.4 Å². The van der Waals surface area contributed by atoms with Gasteiger partial charge in [0, 0.05) is 13.7 Å². The third-order valence-electron chi connectivity index (χ3n) is 6.09. The fourth-order valence-corrected chi connectivity index (χ4v) is 4.54. The molecule has 180 valence electrons. The lowest BCUT2D eigenvalue weighted by atomic mass is 9.93. The van der Waals surface area contributed by atoms with Gasteiger partial charge < -0.3 is 14.2 Å². The second kappa shape index (κ2) is 9.55. The molecule has 0 radical (unpaired) electrons. The molecule has 8 heteroatoms. The lowest BCUT2D eigenvalue weighted by Gasteiger charge is -2.35. The summed E-state index contributed by atoms with van der Waals surface area (Å²) in [5.74, 6) is -1.11. The molecule has 8 nitrogen and oxygen atoms in total. The predicted molar refractivity (Wildman–Crippen MR) is 122 cm³/mol. The van der Waals surface area contributed by atoms with E-state index in [0.29, 0.717) is 13.0 Å². The van der Waals surface area contributed by atoms with Crippen molar-refractivity contribution >= 4 is 18.1 Å². The highest BCUT2D eigenvalue weighted by molar-refractivity contribution is 5.95. The Kier molecular flexibility index (Phi) is 7.17. The van der Waals surface area contributed by atoms with E-state index in [2.05, 4.69) is 6.58 Å². The first kappa shape index (κ1) is 24.8. The number of benzene rings is 1. The Morgan fingerprint density at radius 3 is 2.42 bits per heavy atom. The van der Waals surface area contributed by atoms with E-state index in [0.717, 1.165) is 16.0 Å². The van der Waals surface area contributed by atoms with Crippen LogP contribution in [0.2, 0.25) is 0 Å². The summed E-state index contributed by atoms with van der Waals surface area (Å²) in [6.07, 6.45) is -1.86. The average Bonchev–Trinajstić information content (AvgIpc) is 3.26. The molecule has 3 rings (SSSR count). The van der Waals surface area contributed by atoms with Crippen LogP contribution in [0.1, 0.15) is 52.7 Å². The van der Waals surface area contributed by atoms with Crippen molar-refractivity contribution < 1.29 is 28.6 Å². The van der Waals surface area contributed by atoms with Crippen LogP contribution in [0.5, 0.6) is 0 Å². The molecule has 1 aromatic carbocycles. The second-order valence-corrected chi connectivity index (χ2v) is 9.78. The maximum absolute atomic E-state index is 13.5. The molecule has 1 unspecified atom stereocenters. The van der Waals surface area contributed by atoms with Crippen molar-refractivity contribution in [3.8, 4) is 0 Å². The van der Waals surface area contributed by atoms with E-state index in [-0.39, 0.29) is 0 Å². The summed E-state index contributed by atoms with van der Waals surface area (Å²) in [6.45, 7) is 13.3. The molecule has 2 heterocycles. The molecule has 2 fully saturated rings. The molecule has 1 aromatic rings. The predicted octanol–water partition coefficient (Wildman–Crippen LogP) is 4.31. The number of imide groups is 1. The van der Waals surface area contributed by atoms with Crippen molar-refractivity contribution in [1.82, 2.24) is 9.80 Å². The van der Waals surface area contributed by atoms with Crippen molar-refractivity contribution in [3.63, 3.8) is 0 Å². The van der Waals surface area contributed by atoms with Crippen LogP contribution >= 0.6 is 0 Å². The smallest absolute Gasteiger partial charge is 0.417 e. The van der Waals surface area contributed by atoms with E-state index >= 15 is 0 Å². The van der Waals surface area contributed by atoms with Crippen LogP contribution < -0.4 is 0 Å². The zero-order valence-corrected chi connectivity index (χ0v) is 20.2. The first-order chi connectivity index (χ1) is 15.4. The summed E-state index contributed by atoms with van der Waals surface area (Å²) in [4.78, 5) is 41.7. The second-order valence-electron chi connectivity index (χ2n) is 9.78. The highest BCUT2D eigenvalue weighted by atomic mass is 16.6. The molecule has 33 heavy (non-hydrogen) atoms.